The van der Waals surface area contributed by atoms with Crippen molar-refractivity contribution in [1.29, 1.82) is 0 Å². The van der Waals surface area contributed by atoms with E-state index in [-0.39, 0.29) is 0 Å². The molecule has 0 saturated carbocycles. The van der Waals surface area contributed by atoms with Crippen LogP contribution in [-0.2, 0) is 12.8 Å². The molecule has 1 aromatic heterocycles. The van der Waals surface area contributed by atoms with E-state index in [2.05, 4.69) is 31.8 Å². The first-order valence-electron chi connectivity index (χ1n) is 5.80. The summed E-state index contributed by atoms with van der Waals surface area (Å²) in [5.74, 6) is 1.38. The molecule has 1 aliphatic rings. The van der Waals surface area contributed by atoms with Gasteiger partial charge in [0.15, 0.2) is 0 Å². The molecule has 0 radical (unpaired) electrons. The van der Waals surface area contributed by atoms with E-state index in [4.69, 9.17) is 11.6 Å². The Balaban J connectivity index is 2.47. The van der Waals surface area contributed by atoms with Gasteiger partial charge in [-0.25, -0.2) is 4.98 Å². The fourth-order valence-electron chi connectivity index (χ4n) is 2.57. The van der Waals surface area contributed by atoms with E-state index in [0.717, 1.165) is 18.8 Å². The van der Waals surface area contributed by atoms with Gasteiger partial charge in [-0.15, -0.1) is 0 Å². The first kappa shape index (κ1) is 10.9. The second-order valence-electron chi connectivity index (χ2n) is 4.77. The normalized spacial score (nSPS) is 25.1. The Kier molecular flexibility index (Phi) is 3.01. The number of aromatic nitrogens is 1. The summed E-state index contributed by atoms with van der Waals surface area (Å²) in [6.45, 7) is 6.72. The molecule has 0 bridgehead atoms. The molecule has 1 aliphatic carbocycles. The van der Waals surface area contributed by atoms with Crippen molar-refractivity contribution in [2.75, 3.05) is 0 Å². The van der Waals surface area contributed by atoms with Crippen LogP contribution in [0.4, 0.5) is 0 Å². The average molecular weight is 224 g/mol. The molecule has 0 aromatic carbocycles. The molecule has 1 aromatic rings. The minimum atomic E-state index is 0.638. The first-order valence-corrected chi connectivity index (χ1v) is 6.17. The summed E-state index contributed by atoms with van der Waals surface area (Å²) in [5.41, 5.74) is 3.84. The van der Waals surface area contributed by atoms with Gasteiger partial charge in [0.05, 0.1) is 0 Å². The quantitative estimate of drug-likeness (QED) is 0.657. The van der Waals surface area contributed by atoms with Crippen molar-refractivity contribution >= 4 is 11.6 Å². The van der Waals surface area contributed by atoms with Gasteiger partial charge in [0, 0.05) is 5.69 Å². The molecule has 0 saturated heterocycles. The molecule has 1 nitrogen and oxygen atoms in total. The Morgan fingerprint density at radius 2 is 2.20 bits per heavy atom. The lowest BCUT2D eigenvalue weighted by Crippen LogP contribution is -2.17. The highest BCUT2D eigenvalue weighted by Gasteiger charge is 2.23. The predicted octanol–water partition coefficient (Wildman–Crippen LogP) is 3.98. The van der Waals surface area contributed by atoms with Crippen molar-refractivity contribution in [3.63, 3.8) is 0 Å². The summed E-state index contributed by atoms with van der Waals surface area (Å²) in [6, 6.07) is 2.27. The van der Waals surface area contributed by atoms with Crippen LogP contribution in [0.3, 0.4) is 0 Å². The molecule has 2 heteroatoms. The maximum Gasteiger partial charge on any atom is 0.132 e. The minimum Gasteiger partial charge on any atom is -0.241 e. The maximum atomic E-state index is 6.15. The van der Waals surface area contributed by atoms with E-state index >= 15 is 0 Å². The highest BCUT2D eigenvalue weighted by molar-refractivity contribution is 6.30. The van der Waals surface area contributed by atoms with Gasteiger partial charge in [-0.1, -0.05) is 38.4 Å². The van der Waals surface area contributed by atoms with Gasteiger partial charge in [-0.3, -0.25) is 0 Å². The molecule has 0 amide bonds. The Morgan fingerprint density at radius 1 is 1.47 bits per heavy atom. The van der Waals surface area contributed by atoms with Crippen LogP contribution < -0.4 is 0 Å². The van der Waals surface area contributed by atoms with Crippen LogP contribution >= 0.6 is 11.6 Å². The molecule has 0 fully saturated rings. The summed E-state index contributed by atoms with van der Waals surface area (Å²) in [6.07, 6.45) is 3.34. The third-order valence-electron chi connectivity index (χ3n) is 3.37. The zero-order valence-corrected chi connectivity index (χ0v) is 10.4. The van der Waals surface area contributed by atoms with Crippen LogP contribution in [0, 0.1) is 5.92 Å². The minimum absolute atomic E-state index is 0.638. The van der Waals surface area contributed by atoms with Crippen molar-refractivity contribution in [2.45, 2.75) is 46.0 Å². The van der Waals surface area contributed by atoms with Gasteiger partial charge < -0.3 is 0 Å². The summed E-state index contributed by atoms with van der Waals surface area (Å²) < 4.78 is 0. The molecule has 0 N–H and O–H groups in total. The largest absolute Gasteiger partial charge is 0.241 e. The van der Waals surface area contributed by atoms with Crippen LogP contribution in [-0.4, -0.2) is 4.98 Å². The van der Waals surface area contributed by atoms with Crippen molar-refractivity contribution in [3.05, 3.63) is 28.0 Å². The van der Waals surface area contributed by atoms with Gasteiger partial charge in [0.1, 0.15) is 5.15 Å². The second-order valence-corrected chi connectivity index (χ2v) is 5.13. The monoisotopic (exact) mass is 223 g/mol. The molecular weight excluding hydrogens is 206 g/mol. The first-order chi connectivity index (χ1) is 7.11. The Morgan fingerprint density at radius 3 is 2.87 bits per heavy atom. The molecule has 2 rings (SSSR count). The summed E-state index contributed by atoms with van der Waals surface area (Å²) in [4.78, 5) is 4.55. The summed E-state index contributed by atoms with van der Waals surface area (Å²) >= 11 is 6.15. The van der Waals surface area contributed by atoms with Gasteiger partial charge in [0.25, 0.3) is 0 Å². The third kappa shape index (κ3) is 2.03. The van der Waals surface area contributed by atoms with Crippen LogP contribution in [0.15, 0.2) is 6.07 Å². The predicted molar refractivity (Wildman–Crippen MR) is 64.5 cm³/mol. The highest BCUT2D eigenvalue weighted by atomic mass is 35.5. The van der Waals surface area contributed by atoms with E-state index in [1.165, 1.54) is 23.2 Å². The molecule has 2 unspecified atom stereocenters. The summed E-state index contributed by atoms with van der Waals surface area (Å²) in [7, 11) is 0. The van der Waals surface area contributed by atoms with Gasteiger partial charge >= 0.3 is 0 Å². The van der Waals surface area contributed by atoms with Crippen molar-refractivity contribution < 1.29 is 0 Å². The van der Waals surface area contributed by atoms with E-state index in [1.54, 1.807) is 0 Å². The SMILES string of the molecule is CCc1cc2c(nc1Cl)CC(C)CC2C. The number of pyridine rings is 1. The Labute approximate surface area is 96.9 Å². The van der Waals surface area contributed by atoms with Crippen LogP contribution in [0.25, 0.3) is 0 Å². The number of hydrogen-bond acceptors (Lipinski definition) is 1. The Hall–Kier alpha value is -0.560. The lowest BCUT2D eigenvalue weighted by Gasteiger charge is -2.27. The fraction of sp³-hybridized carbons (Fsp3) is 0.615. The van der Waals surface area contributed by atoms with Crippen molar-refractivity contribution in [1.82, 2.24) is 4.98 Å². The van der Waals surface area contributed by atoms with Gasteiger partial charge in [0.2, 0.25) is 0 Å². The Bertz CT molecular complexity index is 373. The second kappa shape index (κ2) is 4.13. The number of halogens is 1. The smallest absolute Gasteiger partial charge is 0.132 e. The van der Waals surface area contributed by atoms with Crippen LogP contribution in [0.1, 0.15) is 49.9 Å². The maximum absolute atomic E-state index is 6.15. The van der Waals surface area contributed by atoms with Crippen molar-refractivity contribution in [3.8, 4) is 0 Å². The average Bonchev–Trinajstić information content (AvgIpc) is 2.16. The van der Waals surface area contributed by atoms with Crippen molar-refractivity contribution in [2.24, 2.45) is 5.92 Å². The van der Waals surface area contributed by atoms with E-state index in [1.807, 2.05) is 0 Å². The van der Waals surface area contributed by atoms with Crippen LogP contribution in [0.5, 0.6) is 0 Å². The zero-order chi connectivity index (χ0) is 11.0. The summed E-state index contributed by atoms with van der Waals surface area (Å²) in [5, 5.41) is 0.706. The number of hydrogen-bond donors (Lipinski definition) is 0. The zero-order valence-electron chi connectivity index (χ0n) is 9.68. The van der Waals surface area contributed by atoms with E-state index in [0.29, 0.717) is 11.1 Å². The van der Waals surface area contributed by atoms with Gasteiger partial charge in [-0.05, 0) is 42.2 Å². The molecule has 2 atom stereocenters. The van der Waals surface area contributed by atoms with Crippen LogP contribution in [0.2, 0.25) is 5.15 Å². The number of nitrogens with zero attached hydrogens (tertiary/aromatic N) is 1. The standard InChI is InChI=1S/C13H18ClN/c1-4-10-7-11-9(3)5-8(2)6-12(11)15-13(10)14/h7-9H,4-6H2,1-3H3. The number of rotatable bonds is 1. The van der Waals surface area contributed by atoms with E-state index < -0.39 is 0 Å². The number of fused-ring (bicyclic) bond motifs is 1. The lowest BCUT2D eigenvalue weighted by atomic mass is 9.80. The lowest BCUT2D eigenvalue weighted by molar-refractivity contribution is 0.442. The molecule has 82 valence electrons. The molecule has 15 heavy (non-hydrogen) atoms. The number of aryl methyl sites for hydroxylation is 1. The topological polar surface area (TPSA) is 12.9 Å². The fourth-order valence-corrected chi connectivity index (χ4v) is 2.86. The molecular formula is C13H18ClN. The third-order valence-corrected chi connectivity index (χ3v) is 3.70. The molecule has 0 spiro atoms. The van der Waals surface area contributed by atoms with E-state index in [9.17, 15) is 0 Å². The molecule has 1 heterocycles. The van der Waals surface area contributed by atoms with Gasteiger partial charge in [-0.2, -0.15) is 0 Å². The molecule has 0 aliphatic heterocycles. The highest BCUT2D eigenvalue weighted by Crippen LogP contribution is 2.35.